The molecule has 0 aliphatic carbocycles. The van der Waals surface area contributed by atoms with Crippen molar-refractivity contribution in [2.24, 2.45) is 0 Å². The van der Waals surface area contributed by atoms with Crippen LogP contribution in [0.3, 0.4) is 0 Å². The average molecular weight is 369 g/mol. The lowest BCUT2D eigenvalue weighted by molar-refractivity contribution is -0.140. The van der Waals surface area contributed by atoms with E-state index in [2.05, 4.69) is 14.9 Å². The molecule has 1 aliphatic heterocycles. The van der Waals surface area contributed by atoms with Crippen LogP contribution >= 0.6 is 0 Å². The predicted molar refractivity (Wildman–Crippen MR) is 80.5 cm³/mol. The molecule has 0 aromatic heterocycles. The molecule has 0 radical (unpaired) electrons. The fraction of sp³-hybridized carbons (Fsp3) is 0.571. The van der Waals surface area contributed by atoms with Crippen LogP contribution in [0.15, 0.2) is 23.1 Å². The number of piperazine rings is 1. The molecule has 2 N–H and O–H groups in total. The highest BCUT2D eigenvalue weighted by Gasteiger charge is 2.37. The highest BCUT2D eigenvalue weighted by molar-refractivity contribution is 7.89. The van der Waals surface area contributed by atoms with E-state index in [1.807, 2.05) is 0 Å². The summed E-state index contributed by atoms with van der Waals surface area (Å²) in [5.41, 5.74) is -1.50. The molecule has 1 aromatic carbocycles. The van der Waals surface area contributed by atoms with Crippen LogP contribution in [0.4, 0.5) is 17.6 Å². The Hall–Kier alpha value is -1.23. The van der Waals surface area contributed by atoms with Crippen molar-refractivity contribution in [1.29, 1.82) is 0 Å². The van der Waals surface area contributed by atoms with Gasteiger partial charge in [-0.1, -0.05) is 0 Å². The van der Waals surface area contributed by atoms with Gasteiger partial charge in [0.05, 0.1) is 10.5 Å². The van der Waals surface area contributed by atoms with Crippen LogP contribution in [0.25, 0.3) is 0 Å². The van der Waals surface area contributed by atoms with Crippen molar-refractivity contribution in [2.45, 2.75) is 17.5 Å². The lowest BCUT2D eigenvalue weighted by atomic mass is 10.2. The maximum atomic E-state index is 13.1. The molecular formula is C14H19F4N3O2S. The highest BCUT2D eigenvalue weighted by Crippen LogP contribution is 2.34. The summed E-state index contributed by atoms with van der Waals surface area (Å²) in [4.78, 5) is 1.18. The highest BCUT2D eigenvalue weighted by atomic mass is 32.2. The SMILES string of the molecule is O=S(=O)(NCCCN1CCNCC1)c1ccc(F)cc1C(F)(F)F. The first-order valence-electron chi connectivity index (χ1n) is 7.49. The Kier molecular flexibility index (Phi) is 6.18. The minimum atomic E-state index is -4.95. The van der Waals surface area contributed by atoms with E-state index in [0.29, 0.717) is 25.1 Å². The van der Waals surface area contributed by atoms with Crippen LogP contribution in [0.2, 0.25) is 0 Å². The summed E-state index contributed by atoms with van der Waals surface area (Å²) < 4.78 is 78.2. The Morgan fingerprint density at radius 2 is 1.88 bits per heavy atom. The summed E-state index contributed by atoms with van der Waals surface area (Å²) in [7, 11) is -4.36. The Morgan fingerprint density at radius 3 is 2.50 bits per heavy atom. The first kappa shape index (κ1) is 19.1. The molecule has 10 heteroatoms. The Balaban J connectivity index is 2.00. The molecule has 0 bridgehead atoms. The topological polar surface area (TPSA) is 61.4 Å². The summed E-state index contributed by atoms with van der Waals surface area (Å²) in [6.45, 7) is 4.08. The van der Waals surface area contributed by atoms with Crippen LogP contribution < -0.4 is 10.0 Å². The first-order valence-corrected chi connectivity index (χ1v) is 8.98. The summed E-state index contributed by atoms with van der Waals surface area (Å²) in [6, 6.07) is 1.52. The van der Waals surface area contributed by atoms with E-state index in [4.69, 9.17) is 0 Å². The summed E-state index contributed by atoms with van der Waals surface area (Å²) in [6.07, 6.45) is -4.48. The monoisotopic (exact) mass is 369 g/mol. The van der Waals surface area contributed by atoms with Crippen molar-refractivity contribution < 1.29 is 26.0 Å². The molecule has 0 amide bonds. The number of alkyl halides is 3. The molecule has 1 saturated heterocycles. The number of sulfonamides is 1. The molecule has 136 valence electrons. The van der Waals surface area contributed by atoms with Crippen molar-refractivity contribution >= 4 is 10.0 Å². The third-order valence-corrected chi connectivity index (χ3v) is 5.21. The second-order valence-electron chi connectivity index (χ2n) is 5.48. The number of hydrogen-bond acceptors (Lipinski definition) is 4. The number of hydrogen-bond donors (Lipinski definition) is 2. The zero-order valence-electron chi connectivity index (χ0n) is 12.9. The third-order valence-electron chi connectivity index (χ3n) is 3.69. The zero-order chi connectivity index (χ0) is 17.8. The minimum Gasteiger partial charge on any atom is -0.314 e. The standard InChI is InChI=1S/C14H19F4N3O2S/c15-11-2-3-13(12(10-11)14(16,17)18)24(22,23)20-4-1-7-21-8-5-19-6-9-21/h2-3,10,19-20H,1,4-9H2. The first-order chi connectivity index (χ1) is 11.2. The normalized spacial score (nSPS) is 17.2. The molecular weight excluding hydrogens is 350 g/mol. The van der Waals surface area contributed by atoms with Gasteiger partial charge in [0, 0.05) is 32.7 Å². The predicted octanol–water partition coefficient (Wildman–Crippen LogP) is 1.42. The Bertz CT molecular complexity index is 658. The lowest BCUT2D eigenvalue weighted by Crippen LogP contribution is -2.44. The second-order valence-corrected chi connectivity index (χ2v) is 7.22. The van der Waals surface area contributed by atoms with Crippen molar-refractivity contribution in [3.05, 3.63) is 29.6 Å². The number of nitrogens with zero attached hydrogens (tertiary/aromatic N) is 1. The van der Waals surface area contributed by atoms with Crippen LogP contribution in [0.1, 0.15) is 12.0 Å². The molecule has 0 unspecified atom stereocenters. The lowest BCUT2D eigenvalue weighted by Gasteiger charge is -2.27. The van der Waals surface area contributed by atoms with Gasteiger partial charge >= 0.3 is 6.18 Å². The fourth-order valence-corrected chi connectivity index (χ4v) is 3.76. The van der Waals surface area contributed by atoms with E-state index in [-0.39, 0.29) is 12.6 Å². The van der Waals surface area contributed by atoms with Gasteiger partial charge in [-0.15, -0.1) is 0 Å². The van der Waals surface area contributed by atoms with Gasteiger partial charge in [0.15, 0.2) is 0 Å². The molecule has 1 aliphatic rings. The van der Waals surface area contributed by atoms with Gasteiger partial charge in [-0.2, -0.15) is 13.2 Å². The molecule has 5 nitrogen and oxygen atoms in total. The smallest absolute Gasteiger partial charge is 0.314 e. The maximum absolute atomic E-state index is 13.1. The molecule has 1 heterocycles. The third kappa shape index (κ3) is 5.13. The summed E-state index contributed by atoms with van der Waals surface area (Å²) in [5.74, 6) is -1.14. The van der Waals surface area contributed by atoms with E-state index >= 15 is 0 Å². The molecule has 1 aromatic rings. The van der Waals surface area contributed by atoms with Crippen LogP contribution in [0.5, 0.6) is 0 Å². The quantitative estimate of drug-likeness (QED) is 0.588. The Labute approximate surface area is 138 Å². The Morgan fingerprint density at radius 1 is 1.21 bits per heavy atom. The van der Waals surface area contributed by atoms with Gasteiger partial charge in [-0.05, 0) is 31.2 Å². The molecule has 0 atom stereocenters. The van der Waals surface area contributed by atoms with Crippen molar-refractivity contribution in [3.63, 3.8) is 0 Å². The van der Waals surface area contributed by atoms with Gasteiger partial charge in [0.25, 0.3) is 0 Å². The van der Waals surface area contributed by atoms with Crippen molar-refractivity contribution in [3.8, 4) is 0 Å². The van der Waals surface area contributed by atoms with Gasteiger partial charge in [0.1, 0.15) is 5.82 Å². The molecule has 0 spiro atoms. The number of rotatable bonds is 6. The molecule has 2 rings (SSSR count). The van der Waals surface area contributed by atoms with Crippen LogP contribution in [-0.4, -0.2) is 52.6 Å². The van der Waals surface area contributed by atoms with Gasteiger partial charge < -0.3 is 10.2 Å². The molecule has 24 heavy (non-hydrogen) atoms. The summed E-state index contributed by atoms with van der Waals surface area (Å²) >= 11 is 0. The van der Waals surface area contributed by atoms with E-state index in [0.717, 1.165) is 26.2 Å². The minimum absolute atomic E-state index is 0.0148. The van der Waals surface area contributed by atoms with Crippen molar-refractivity contribution in [1.82, 2.24) is 14.9 Å². The zero-order valence-corrected chi connectivity index (χ0v) is 13.7. The maximum Gasteiger partial charge on any atom is 0.417 e. The second kappa shape index (κ2) is 7.77. The van der Waals surface area contributed by atoms with Crippen molar-refractivity contribution in [2.75, 3.05) is 39.3 Å². The molecule has 0 saturated carbocycles. The summed E-state index contributed by atoms with van der Waals surface area (Å²) in [5, 5.41) is 3.19. The number of benzene rings is 1. The van der Waals surface area contributed by atoms with Gasteiger partial charge in [-0.25, -0.2) is 17.5 Å². The van der Waals surface area contributed by atoms with Gasteiger partial charge in [0.2, 0.25) is 10.0 Å². The van der Waals surface area contributed by atoms with E-state index < -0.39 is 32.5 Å². The largest absolute Gasteiger partial charge is 0.417 e. The van der Waals surface area contributed by atoms with Crippen LogP contribution in [-0.2, 0) is 16.2 Å². The molecule has 1 fully saturated rings. The average Bonchev–Trinajstić information content (AvgIpc) is 2.51. The van der Waals surface area contributed by atoms with E-state index in [1.165, 1.54) is 0 Å². The van der Waals surface area contributed by atoms with E-state index in [9.17, 15) is 26.0 Å². The van der Waals surface area contributed by atoms with Gasteiger partial charge in [-0.3, -0.25) is 0 Å². The number of halogens is 4. The fourth-order valence-electron chi connectivity index (χ4n) is 2.48. The van der Waals surface area contributed by atoms with E-state index in [1.54, 1.807) is 0 Å². The van der Waals surface area contributed by atoms with Crippen LogP contribution in [0, 0.1) is 5.82 Å². The number of nitrogens with one attached hydrogen (secondary N) is 2.